The lowest BCUT2D eigenvalue weighted by molar-refractivity contribution is -0.126. The molecule has 1 aromatic carbocycles. The average molecular weight is 285 g/mol. The average Bonchev–Trinajstić information content (AvgIpc) is 2.17. The van der Waals surface area contributed by atoms with Gasteiger partial charge < -0.3 is 0 Å². The van der Waals surface area contributed by atoms with Crippen LogP contribution in [0.25, 0.3) is 0 Å². The van der Waals surface area contributed by atoms with E-state index < -0.39 is 5.41 Å². The highest BCUT2D eigenvalue weighted by Gasteiger charge is 2.45. The van der Waals surface area contributed by atoms with Crippen LogP contribution in [0.5, 0.6) is 0 Å². The highest BCUT2D eigenvalue weighted by atomic mass is 79.9. The molecule has 0 bridgehead atoms. The number of benzene rings is 1. The van der Waals surface area contributed by atoms with E-state index in [1.807, 2.05) is 12.1 Å². The van der Waals surface area contributed by atoms with E-state index in [1.54, 1.807) is 6.07 Å². The predicted octanol–water partition coefficient (Wildman–Crippen LogP) is 3.23. The number of nitrogens with zero attached hydrogens (tertiary/aromatic N) is 1. The Morgan fingerprint density at radius 2 is 2.13 bits per heavy atom. The summed E-state index contributed by atoms with van der Waals surface area (Å²) < 4.78 is 0.760. The van der Waals surface area contributed by atoms with Crippen molar-refractivity contribution in [3.8, 4) is 6.07 Å². The summed E-state index contributed by atoms with van der Waals surface area (Å²) in [6.45, 7) is 0. The lowest BCUT2D eigenvalue weighted by atomic mass is 9.65. The van der Waals surface area contributed by atoms with Gasteiger partial charge in [0, 0.05) is 17.3 Å². The zero-order chi connectivity index (χ0) is 11.1. The molecule has 1 aliphatic carbocycles. The molecule has 0 amide bonds. The van der Waals surface area contributed by atoms with Crippen molar-refractivity contribution in [2.75, 3.05) is 0 Å². The molecule has 1 saturated carbocycles. The molecule has 4 heteroatoms. The van der Waals surface area contributed by atoms with E-state index in [0.717, 1.165) is 10.0 Å². The summed E-state index contributed by atoms with van der Waals surface area (Å²) in [6.07, 6.45) is 0.634. The largest absolute Gasteiger partial charge is 0.300 e. The first kappa shape index (κ1) is 10.7. The topological polar surface area (TPSA) is 40.9 Å². The number of carbonyl (C=O) groups excluding carboxylic acids is 1. The maximum absolute atomic E-state index is 11.0. The van der Waals surface area contributed by atoms with E-state index in [1.165, 1.54) is 0 Å². The summed E-state index contributed by atoms with van der Waals surface area (Å²) in [5.74, 6) is 0.141. The second-order valence-electron chi connectivity index (χ2n) is 3.72. The summed E-state index contributed by atoms with van der Waals surface area (Å²) >= 11 is 9.18. The van der Waals surface area contributed by atoms with Gasteiger partial charge in [0.2, 0.25) is 0 Å². The minimum absolute atomic E-state index is 0.141. The smallest absolute Gasteiger partial charge is 0.136 e. The minimum atomic E-state index is -0.621. The van der Waals surface area contributed by atoms with Crippen LogP contribution in [0.3, 0.4) is 0 Å². The number of hydrogen-bond acceptors (Lipinski definition) is 2. The van der Waals surface area contributed by atoms with Crippen molar-refractivity contribution < 1.29 is 4.79 Å². The van der Waals surface area contributed by atoms with E-state index in [9.17, 15) is 4.79 Å². The van der Waals surface area contributed by atoms with Crippen molar-refractivity contribution in [2.45, 2.75) is 18.3 Å². The maximum Gasteiger partial charge on any atom is 0.136 e. The highest BCUT2D eigenvalue weighted by molar-refractivity contribution is 9.10. The fourth-order valence-electron chi connectivity index (χ4n) is 1.76. The molecule has 1 aliphatic rings. The van der Waals surface area contributed by atoms with Gasteiger partial charge in [-0.3, -0.25) is 4.79 Å². The Balaban J connectivity index is 2.42. The molecule has 2 nitrogen and oxygen atoms in total. The SMILES string of the molecule is N#CC1(c2ccc(Cl)c(Br)c2)CC(=O)C1. The summed E-state index contributed by atoms with van der Waals surface area (Å²) in [7, 11) is 0. The van der Waals surface area contributed by atoms with E-state index in [0.29, 0.717) is 17.9 Å². The number of ketones is 1. The van der Waals surface area contributed by atoms with Crippen molar-refractivity contribution in [1.82, 2.24) is 0 Å². The first-order chi connectivity index (χ1) is 7.07. The lowest BCUT2D eigenvalue weighted by Crippen LogP contribution is -2.40. The molecule has 0 spiro atoms. The summed E-state index contributed by atoms with van der Waals surface area (Å²) in [6, 6.07) is 7.59. The Kier molecular flexibility index (Phi) is 2.57. The van der Waals surface area contributed by atoms with Gasteiger partial charge in [-0.05, 0) is 33.6 Å². The van der Waals surface area contributed by atoms with Crippen LogP contribution in [0.2, 0.25) is 5.02 Å². The Hall–Kier alpha value is -0.850. The van der Waals surface area contributed by atoms with Crippen LogP contribution >= 0.6 is 27.5 Å². The van der Waals surface area contributed by atoms with Crippen LogP contribution in [0.4, 0.5) is 0 Å². The van der Waals surface area contributed by atoms with E-state index >= 15 is 0 Å². The number of carbonyl (C=O) groups is 1. The molecular weight excluding hydrogens is 277 g/mol. The predicted molar refractivity (Wildman–Crippen MR) is 60.7 cm³/mol. The van der Waals surface area contributed by atoms with Gasteiger partial charge in [0.15, 0.2) is 0 Å². The van der Waals surface area contributed by atoms with Gasteiger partial charge in [0.05, 0.1) is 16.5 Å². The Labute approximate surface area is 101 Å². The summed E-state index contributed by atoms with van der Waals surface area (Å²) in [5, 5.41) is 9.73. The van der Waals surface area contributed by atoms with Crippen LogP contribution in [-0.2, 0) is 10.2 Å². The fraction of sp³-hybridized carbons (Fsp3) is 0.273. The molecule has 0 unspecified atom stereocenters. The van der Waals surface area contributed by atoms with E-state index in [2.05, 4.69) is 22.0 Å². The molecule has 0 aromatic heterocycles. The second-order valence-corrected chi connectivity index (χ2v) is 4.98. The van der Waals surface area contributed by atoms with E-state index in [4.69, 9.17) is 16.9 Å². The molecule has 0 atom stereocenters. The van der Waals surface area contributed by atoms with Crippen molar-refractivity contribution >= 4 is 33.3 Å². The third-order valence-electron chi connectivity index (χ3n) is 2.68. The zero-order valence-corrected chi connectivity index (χ0v) is 10.1. The van der Waals surface area contributed by atoms with Crippen molar-refractivity contribution in [1.29, 1.82) is 5.26 Å². The highest BCUT2D eigenvalue weighted by Crippen LogP contribution is 2.42. The van der Waals surface area contributed by atoms with Crippen LogP contribution in [0, 0.1) is 11.3 Å². The Bertz CT molecular complexity index is 470. The number of rotatable bonds is 1. The van der Waals surface area contributed by atoms with Crippen molar-refractivity contribution in [3.05, 3.63) is 33.3 Å². The third kappa shape index (κ3) is 1.68. The molecular formula is C11H7BrClNO. The van der Waals surface area contributed by atoms with Gasteiger partial charge in [0.25, 0.3) is 0 Å². The molecule has 0 aliphatic heterocycles. The standard InChI is InChI=1S/C11H7BrClNO/c12-9-3-7(1-2-10(9)13)11(6-14)4-8(15)5-11/h1-3H,4-5H2. The molecule has 0 radical (unpaired) electrons. The van der Waals surface area contributed by atoms with Crippen LogP contribution in [0.15, 0.2) is 22.7 Å². The van der Waals surface area contributed by atoms with Gasteiger partial charge in [-0.15, -0.1) is 0 Å². The number of Topliss-reactive ketones (excluding diaryl/α,β-unsaturated/α-hetero) is 1. The molecule has 76 valence electrons. The first-order valence-corrected chi connectivity index (χ1v) is 5.63. The molecule has 0 heterocycles. The number of halogens is 2. The van der Waals surface area contributed by atoms with Gasteiger partial charge in [-0.25, -0.2) is 0 Å². The van der Waals surface area contributed by atoms with Crippen molar-refractivity contribution in [2.24, 2.45) is 0 Å². The monoisotopic (exact) mass is 283 g/mol. The molecule has 15 heavy (non-hydrogen) atoms. The minimum Gasteiger partial charge on any atom is -0.300 e. The molecule has 1 aromatic rings. The molecule has 1 fully saturated rings. The second kappa shape index (κ2) is 3.62. The number of nitriles is 1. The van der Waals surface area contributed by atoms with Gasteiger partial charge in [0.1, 0.15) is 5.78 Å². The van der Waals surface area contributed by atoms with Crippen LogP contribution in [-0.4, -0.2) is 5.78 Å². The first-order valence-electron chi connectivity index (χ1n) is 4.46. The van der Waals surface area contributed by atoms with Crippen molar-refractivity contribution in [3.63, 3.8) is 0 Å². The van der Waals surface area contributed by atoms with Gasteiger partial charge in [-0.2, -0.15) is 5.26 Å². The Morgan fingerprint density at radius 1 is 1.47 bits per heavy atom. The quantitative estimate of drug-likeness (QED) is 0.794. The molecule has 0 N–H and O–H groups in total. The summed E-state index contributed by atoms with van der Waals surface area (Å²) in [4.78, 5) is 11.0. The number of hydrogen-bond donors (Lipinski definition) is 0. The zero-order valence-electron chi connectivity index (χ0n) is 7.76. The molecule has 2 rings (SSSR count). The lowest BCUT2D eigenvalue weighted by Gasteiger charge is -2.34. The van der Waals surface area contributed by atoms with Crippen LogP contribution in [0.1, 0.15) is 18.4 Å². The van der Waals surface area contributed by atoms with Gasteiger partial charge in [-0.1, -0.05) is 17.7 Å². The maximum atomic E-state index is 11.0. The van der Waals surface area contributed by atoms with E-state index in [-0.39, 0.29) is 5.78 Å². The Morgan fingerprint density at radius 3 is 2.60 bits per heavy atom. The van der Waals surface area contributed by atoms with Gasteiger partial charge >= 0.3 is 0 Å². The normalized spacial score (nSPS) is 18.1. The fourth-order valence-corrected chi connectivity index (χ4v) is 2.26. The van der Waals surface area contributed by atoms with Crippen LogP contribution < -0.4 is 0 Å². The third-order valence-corrected chi connectivity index (χ3v) is 3.90. The molecule has 0 saturated heterocycles. The summed E-state index contributed by atoms with van der Waals surface area (Å²) in [5.41, 5.74) is 0.241.